The Labute approximate surface area is 166 Å². The molecule has 0 spiro atoms. The summed E-state index contributed by atoms with van der Waals surface area (Å²) in [6.07, 6.45) is 8.58. The average Bonchev–Trinajstić information content (AvgIpc) is 3.05. The lowest BCUT2D eigenvalue weighted by molar-refractivity contribution is 0.225. The maximum Gasteiger partial charge on any atom is 0.143 e. The molecule has 1 atom stereocenters. The number of nitrogens with two attached hydrogens (primary N) is 1. The minimum atomic E-state index is -0.0911. The third kappa shape index (κ3) is 4.04. The largest absolute Gasteiger partial charge is 0.325 e. The Morgan fingerprint density at radius 1 is 1.22 bits per heavy atom. The van der Waals surface area contributed by atoms with Gasteiger partial charge in [0.15, 0.2) is 0 Å². The molecule has 2 heterocycles. The van der Waals surface area contributed by atoms with E-state index in [-0.39, 0.29) is 11.6 Å². The van der Waals surface area contributed by atoms with E-state index in [2.05, 4.69) is 41.4 Å². The van der Waals surface area contributed by atoms with Crippen molar-refractivity contribution in [3.05, 3.63) is 47.0 Å². The van der Waals surface area contributed by atoms with Crippen molar-refractivity contribution in [3.63, 3.8) is 0 Å². The van der Waals surface area contributed by atoms with Gasteiger partial charge >= 0.3 is 0 Å². The smallest absolute Gasteiger partial charge is 0.143 e. The minimum absolute atomic E-state index is 0.0911. The summed E-state index contributed by atoms with van der Waals surface area (Å²) in [5.41, 5.74) is 10.8. The van der Waals surface area contributed by atoms with E-state index in [1.165, 1.54) is 0 Å². The van der Waals surface area contributed by atoms with E-state index in [1.807, 2.05) is 24.3 Å². The van der Waals surface area contributed by atoms with Crippen LogP contribution in [0.3, 0.4) is 0 Å². The second-order valence-corrected chi connectivity index (χ2v) is 8.86. The Morgan fingerprint density at radius 2 is 2.00 bits per heavy atom. The van der Waals surface area contributed by atoms with Crippen LogP contribution in [0.15, 0.2) is 46.4 Å². The van der Waals surface area contributed by atoms with Gasteiger partial charge in [0.25, 0.3) is 0 Å². The predicted molar refractivity (Wildman–Crippen MR) is 112 cm³/mol. The summed E-state index contributed by atoms with van der Waals surface area (Å²) >= 11 is 6.18. The van der Waals surface area contributed by atoms with Crippen LogP contribution in [-0.4, -0.2) is 34.8 Å². The number of aliphatic imine (C=N–C) groups is 2. The van der Waals surface area contributed by atoms with Crippen molar-refractivity contribution in [2.45, 2.75) is 57.2 Å². The number of hydrogen-bond acceptors (Lipinski definition) is 4. The van der Waals surface area contributed by atoms with Gasteiger partial charge in [-0.3, -0.25) is 20.4 Å². The zero-order valence-corrected chi connectivity index (χ0v) is 16.8. The third-order valence-corrected chi connectivity index (χ3v) is 6.15. The lowest BCUT2D eigenvalue weighted by atomic mass is 9.76. The molecule has 1 aliphatic carbocycles. The van der Waals surface area contributed by atoms with Gasteiger partial charge in [-0.15, -0.1) is 0 Å². The highest BCUT2D eigenvalue weighted by molar-refractivity contribution is 6.30. The molecule has 1 aromatic rings. The third-order valence-electron chi connectivity index (χ3n) is 5.91. The molecule has 1 aromatic carbocycles. The van der Waals surface area contributed by atoms with Gasteiger partial charge in [-0.2, -0.15) is 0 Å². The monoisotopic (exact) mass is 385 g/mol. The molecule has 0 radical (unpaired) electrons. The Bertz CT molecular complexity index is 784. The molecule has 1 unspecified atom stereocenters. The van der Waals surface area contributed by atoms with Crippen molar-refractivity contribution < 1.29 is 0 Å². The lowest BCUT2D eigenvalue weighted by Crippen LogP contribution is -2.48. The normalized spacial score (nSPS) is 29.5. The van der Waals surface area contributed by atoms with Crippen LogP contribution >= 0.6 is 11.6 Å². The number of hydrazine groups is 1. The van der Waals surface area contributed by atoms with Gasteiger partial charge in [0.1, 0.15) is 11.7 Å². The van der Waals surface area contributed by atoms with Gasteiger partial charge in [0.2, 0.25) is 0 Å². The van der Waals surface area contributed by atoms with Crippen molar-refractivity contribution in [1.29, 1.82) is 0 Å². The summed E-state index contributed by atoms with van der Waals surface area (Å²) in [6, 6.07) is 8.50. The van der Waals surface area contributed by atoms with Gasteiger partial charge in [0, 0.05) is 10.6 Å². The Kier molecular flexibility index (Phi) is 4.99. The van der Waals surface area contributed by atoms with Crippen LogP contribution in [0.5, 0.6) is 0 Å². The zero-order valence-electron chi connectivity index (χ0n) is 16.0. The molecule has 0 amide bonds. The molecule has 6 heteroatoms. The number of benzene rings is 1. The van der Waals surface area contributed by atoms with E-state index in [1.54, 1.807) is 0 Å². The van der Waals surface area contributed by atoms with E-state index < -0.39 is 0 Å². The van der Waals surface area contributed by atoms with E-state index in [9.17, 15) is 0 Å². The number of fused-ring (bicyclic) bond motifs is 1. The molecule has 4 rings (SSSR count). The molecule has 144 valence electrons. The number of nitrogens with one attached hydrogen (secondary N) is 1. The maximum atomic E-state index is 6.29. The van der Waals surface area contributed by atoms with Gasteiger partial charge < -0.3 is 5.73 Å². The lowest BCUT2D eigenvalue weighted by Gasteiger charge is -2.36. The van der Waals surface area contributed by atoms with Crippen LogP contribution in [0.2, 0.25) is 5.02 Å². The molecule has 3 N–H and O–H groups in total. The van der Waals surface area contributed by atoms with Crippen LogP contribution in [0.4, 0.5) is 0 Å². The number of hydrogen-bond donors (Lipinski definition) is 2. The van der Waals surface area contributed by atoms with Crippen molar-refractivity contribution in [3.8, 4) is 0 Å². The summed E-state index contributed by atoms with van der Waals surface area (Å²) in [5, 5.41) is 2.86. The number of nitrogens with zero attached hydrogens (tertiary/aromatic N) is 3. The summed E-state index contributed by atoms with van der Waals surface area (Å²) in [4.78, 5) is 9.62. The van der Waals surface area contributed by atoms with Crippen LogP contribution in [0.25, 0.3) is 0 Å². The summed E-state index contributed by atoms with van der Waals surface area (Å²) in [7, 11) is 0. The van der Waals surface area contributed by atoms with Crippen molar-refractivity contribution in [2.24, 2.45) is 21.6 Å². The molecule has 27 heavy (non-hydrogen) atoms. The molecule has 1 saturated carbocycles. The van der Waals surface area contributed by atoms with Crippen LogP contribution in [0, 0.1) is 5.92 Å². The quantitative estimate of drug-likeness (QED) is 0.830. The van der Waals surface area contributed by atoms with E-state index >= 15 is 0 Å². The van der Waals surface area contributed by atoms with Gasteiger partial charge in [-0.1, -0.05) is 23.7 Å². The first-order valence-electron chi connectivity index (χ1n) is 9.81. The zero-order chi connectivity index (χ0) is 19.0. The number of halogens is 1. The fourth-order valence-electron chi connectivity index (χ4n) is 4.27. The molecular weight excluding hydrogens is 358 g/mol. The molecule has 5 nitrogen and oxygen atoms in total. The van der Waals surface area contributed by atoms with E-state index in [4.69, 9.17) is 22.3 Å². The van der Waals surface area contributed by atoms with Crippen LogP contribution in [0.1, 0.15) is 51.1 Å². The van der Waals surface area contributed by atoms with Gasteiger partial charge in [-0.05, 0) is 75.3 Å². The van der Waals surface area contributed by atoms with Crippen molar-refractivity contribution >= 4 is 23.3 Å². The summed E-state index contributed by atoms with van der Waals surface area (Å²) in [6.45, 7) is 5.00. The van der Waals surface area contributed by atoms with Gasteiger partial charge in [0.05, 0.1) is 18.6 Å². The summed E-state index contributed by atoms with van der Waals surface area (Å²) in [5.74, 6) is 2.46. The van der Waals surface area contributed by atoms with Crippen molar-refractivity contribution in [2.75, 3.05) is 6.54 Å². The first kappa shape index (κ1) is 18.5. The van der Waals surface area contributed by atoms with E-state index in [0.717, 1.165) is 54.5 Å². The Balaban J connectivity index is 1.44. The van der Waals surface area contributed by atoms with Crippen molar-refractivity contribution in [1.82, 2.24) is 10.4 Å². The second-order valence-electron chi connectivity index (χ2n) is 8.43. The van der Waals surface area contributed by atoms with E-state index in [0.29, 0.717) is 12.0 Å². The minimum Gasteiger partial charge on any atom is -0.325 e. The topological polar surface area (TPSA) is 66.0 Å². The number of amidine groups is 2. The fourth-order valence-corrected chi connectivity index (χ4v) is 4.46. The number of rotatable bonds is 3. The first-order chi connectivity index (χ1) is 12.9. The maximum absolute atomic E-state index is 6.29. The SMILES string of the molecule is CC(C)(N)C1CCC(N=C2C=CC3=NCC(c4cccc(Cl)c4)N3N2)CC1. The summed E-state index contributed by atoms with van der Waals surface area (Å²) < 4.78 is 0. The Hall–Kier alpha value is -1.85. The first-order valence-corrected chi connectivity index (χ1v) is 10.2. The highest BCUT2D eigenvalue weighted by atomic mass is 35.5. The predicted octanol–water partition coefficient (Wildman–Crippen LogP) is 3.86. The molecule has 3 aliphatic rings. The Morgan fingerprint density at radius 3 is 2.70 bits per heavy atom. The molecule has 0 aromatic heterocycles. The van der Waals surface area contributed by atoms with Gasteiger partial charge in [-0.25, -0.2) is 0 Å². The molecule has 1 fully saturated rings. The molecule has 0 saturated heterocycles. The molecule has 2 aliphatic heterocycles. The molecule has 0 bridgehead atoms. The highest BCUT2D eigenvalue weighted by Gasteiger charge is 2.32. The fraction of sp³-hybridized carbons (Fsp3) is 0.524. The van der Waals surface area contributed by atoms with Crippen LogP contribution < -0.4 is 11.2 Å². The van der Waals surface area contributed by atoms with Crippen LogP contribution in [-0.2, 0) is 0 Å². The molecular formula is C21H28ClN5. The highest BCUT2D eigenvalue weighted by Crippen LogP contribution is 2.33. The average molecular weight is 386 g/mol. The standard InChI is InChI=1S/C21H28ClN5/c1-21(2,23)15-6-8-17(9-7-15)25-19-10-11-20-24-13-18(27(20)26-19)14-4-3-5-16(22)12-14/h3-5,10-12,15,17-18H,6-9,13,23H2,1-2H3,(H,25,26). The second kappa shape index (κ2) is 7.28.